The summed E-state index contributed by atoms with van der Waals surface area (Å²) in [5.41, 5.74) is -0.0276. The van der Waals surface area contributed by atoms with Gasteiger partial charge in [-0.15, -0.1) is 6.58 Å². The fourth-order valence-corrected chi connectivity index (χ4v) is 3.08. The standard InChI is InChI=1S/C15H14N2O6S2/c1-3-6-17-14(19)10(13(18)16-15(17)24)7-9-4-5-11(23-2)12(8-9)25(20,21)22/h3-5,7-8H,1,6H2,2H3,(H,16,18,24)(H,20,21,22). The van der Waals surface area contributed by atoms with E-state index in [4.69, 9.17) is 17.0 Å². The van der Waals surface area contributed by atoms with Crippen LogP contribution >= 0.6 is 12.2 Å². The summed E-state index contributed by atoms with van der Waals surface area (Å²) in [6.45, 7) is 3.62. The average molecular weight is 382 g/mol. The van der Waals surface area contributed by atoms with E-state index in [0.29, 0.717) is 0 Å². The first kappa shape index (κ1) is 18.8. The van der Waals surface area contributed by atoms with Gasteiger partial charge >= 0.3 is 0 Å². The first-order valence-corrected chi connectivity index (χ1v) is 8.69. The first-order chi connectivity index (χ1) is 11.7. The molecule has 1 fully saturated rings. The highest BCUT2D eigenvalue weighted by Crippen LogP contribution is 2.26. The van der Waals surface area contributed by atoms with Crippen LogP contribution in [0.3, 0.4) is 0 Å². The van der Waals surface area contributed by atoms with Gasteiger partial charge in [-0.2, -0.15) is 8.42 Å². The SMILES string of the molecule is C=CCN1C(=O)C(=Cc2ccc(OC)c(S(=O)(=O)O)c2)C(=O)NC1=S. The van der Waals surface area contributed by atoms with Crippen LogP contribution in [0, 0.1) is 0 Å². The number of nitrogens with zero attached hydrogens (tertiary/aromatic N) is 1. The Labute approximate surface area is 149 Å². The monoisotopic (exact) mass is 382 g/mol. The van der Waals surface area contributed by atoms with Crippen molar-refractivity contribution in [3.63, 3.8) is 0 Å². The Kier molecular flexibility index (Phi) is 5.36. The molecule has 10 heteroatoms. The molecule has 0 unspecified atom stereocenters. The maximum atomic E-state index is 12.4. The van der Waals surface area contributed by atoms with E-state index in [1.807, 2.05) is 0 Å². The number of carbonyl (C=O) groups is 2. The van der Waals surface area contributed by atoms with Crippen LogP contribution in [0.1, 0.15) is 5.56 Å². The molecule has 0 aromatic heterocycles. The van der Waals surface area contributed by atoms with Gasteiger partial charge in [-0.05, 0) is 36.0 Å². The zero-order valence-electron chi connectivity index (χ0n) is 13.1. The predicted octanol–water partition coefficient (Wildman–Crippen LogP) is 0.755. The van der Waals surface area contributed by atoms with Gasteiger partial charge in [0.25, 0.3) is 21.9 Å². The van der Waals surface area contributed by atoms with E-state index in [9.17, 15) is 22.6 Å². The normalized spacial score (nSPS) is 16.8. The summed E-state index contributed by atoms with van der Waals surface area (Å²) < 4.78 is 37.0. The minimum absolute atomic E-state index is 0.0413. The lowest BCUT2D eigenvalue weighted by Crippen LogP contribution is -2.53. The number of amides is 2. The van der Waals surface area contributed by atoms with Crippen molar-refractivity contribution in [3.05, 3.63) is 42.0 Å². The molecule has 1 aliphatic heterocycles. The molecule has 2 N–H and O–H groups in total. The number of rotatable bonds is 5. The Morgan fingerprint density at radius 1 is 1.40 bits per heavy atom. The van der Waals surface area contributed by atoms with Crippen molar-refractivity contribution in [2.75, 3.05) is 13.7 Å². The van der Waals surface area contributed by atoms with Crippen molar-refractivity contribution in [1.29, 1.82) is 0 Å². The Bertz CT molecular complexity index is 905. The van der Waals surface area contributed by atoms with E-state index in [1.54, 1.807) is 0 Å². The molecule has 0 aliphatic carbocycles. The van der Waals surface area contributed by atoms with Crippen molar-refractivity contribution in [2.45, 2.75) is 4.90 Å². The van der Waals surface area contributed by atoms with Gasteiger partial charge in [0.2, 0.25) is 0 Å². The van der Waals surface area contributed by atoms with Crippen LogP contribution in [0.2, 0.25) is 0 Å². The number of thiocarbonyl (C=S) groups is 1. The molecule has 1 aliphatic rings. The third-order valence-corrected chi connectivity index (χ3v) is 4.47. The largest absolute Gasteiger partial charge is 0.495 e. The fourth-order valence-electron chi connectivity index (χ4n) is 2.14. The Hall–Kier alpha value is -2.56. The molecule has 25 heavy (non-hydrogen) atoms. The number of benzene rings is 1. The number of hydrogen-bond acceptors (Lipinski definition) is 6. The van der Waals surface area contributed by atoms with Crippen LogP contribution in [-0.2, 0) is 19.7 Å². The molecule has 0 radical (unpaired) electrons. The van der Waals surface area contributed by atoms with Crippen LogP contribution in [0.15, 0.2) is 41.3 Å². The van der Waals surface area contributed by atoms with Crippen LogP contribution in [-0.4, -0.2) is 48.5 Å². The molecule has 0 bridgehead atoms. The van der Waals surface area contributed by atoms with E-state index in [1.165, 1.54) is 31.4 Å². The van der Waals surface area contributed by atoms with Gasteiger partial charge in [-0.25, -0.2) is 0 Å². The zero-order chi connectivity index (χ0) is 18.8. The highest BCUT2D eigenvalue weighted by molar-refractivity contribution is 7.86. The van der Waals surface area contributed by atoms with E-state index < -0.39 is 26.8 Å². The topological polar surface area (TPSA) is 113 Å². The molecular weight excluding hydrogens is 368 g/mol. The summed E-state index contributed by atoms with van der Waals surface area (Å²) in [7, 11) is -3.30. The van der Waals surface area contributed by atoms with E-state index in [2.05, 4.69) is 11.9 Å². The summed E-state index contributed by atoms with van der Waals surface area (Å²) in [5, 5.41) is 2.33. The molecule has 2 rings (SSSR count). The Balaban J connectivity index is 2.52. The van der Waals surface area contributed by atoms with Crippen molar-refractivity contribution in [2.24, 2.45) is 0 Å². The molecule has 2 amide bonds. The molecule has 1 saturated heterocycles. The number of methoxy groups -OCH3 is 1. The van der Waals surface area contributed by atoms with Crippen LogP contribution in [0.5, 0.6) is 5.75 Å². The van der Waals surface area contributed by atoms with Crippen molar-refractivity contribution in [1.82, 2.24) is 10.2 Å². The van der Waals surface area contributed by atoms with Gasteiger partial charge in [-0.3, -0.25) is 24.4 Å². The van der Waals surface area contributed by atoms with Gasteiger partial charge in [0.1, 0.15) is 16.2 Å². The summed E-state index contributed by atoms with van der Waals surface area (Å²) in [6.07, 6.45) is 2.65. The Morgan fingerprint density at radius 3 is 2.64 bits per heavy atom. The van der Waals surface area contributed by atoms with Crippen LogP contribution < -0.4 is 10.1 Å². The highest BCUT2D eigenvalue weighted by atomic mass is 32.2. The lowest BCUT2D eigenvalue weighted by molar-refractivity contribution is -0.128. The fraction of sp³-hybridized carbons (Fsp3) is 0.133. The van der Waals surface area contributed by atoms with Gasteiger partial charge < -0.3 is 4.74 Å². The number of hydrogen-bond donors (Lipinski definition) is 2. The molecule has 1 heterocycles. The Morgan fingerprint density at radius 2 is 2.08 bits per heavy atom. The van der Waals surface area contributed by atoms with Crippen molar-refractivity contribution < 1.29 is 27.3 Å². The van der Waals surface area contributed by atoms with Crippen LogP contribution in [0.25, 0.3) is 6.08 Å². The number of carbonyl (C=O) groups excluding carboxylic acids is 2. The second-order valence-corrected chi connectivity index (χ2v) is 6.68. The van der Waals surface area contributed by atoms with Crippen molar-refractivity contribution in [3.8, 4) is 5.75 Å². The second-order valence-electron chi connectivity index (χ2n) is 4.91. The zero-order valence-corrected chi connectivity index (χ0v) is 14.7. The maximum Gasteiger partial charge on any atom is 0.298 e. The first-order valence-electron chi connectivity index (χ1n) is 6.84. The molecule has 8 nitrogen and oxygen atoms in total. The molecule has 1 aromatic carbocycles. The molecule has 0 atom stereocenters. The van der Waals surface area contributed by atoms with E-state index >= 15 is 0 Å². The second kappa shape index (κ2) is 7.13. The molecule has 132 valence electrons. The molecule has 0 saturated carbocycles. The summed E-state index contributed by atoms with van der Waals surface area (Å²) >= 11 is 4.94. The predicted molar refractivity (Wildman–Crippen MR) is 93.4 cm³/mol. The lowest BCUT2D eigenvalue weighted by atomic mass is 10.1. The summed E-state index contributed by atoms with van der Waals surface area (Å²) in [4.78, 5) is 25.1. The average Bonchev–Trinajstić information content (AvgIpc) is 2.54. The van der Waals surface area contributed by atoms with Gasteiger partial charge in [0.05, 0.1) is 7.11 Å². The third kappa shape index (κ3) is 3.92. The quantitative estimate of drug-likeness (QED) is 0.254. The smallest absolute Gasteiger partial charge is 0.298 e. The van der Waals surface area contributed by atoms with Crippen LogP contribution in [0.4, 0.5) is 0 Å². The maximum absolute atomic E-state index is 12.4. The highest BCUT2D eigenvalue weighted by Gasteiger charge is 2.32. The third-order valence-electron chi connectivity index (χ3n) is 3.27. The molecular formula is C15H14N2O6S2. The molecule has 0 spiro atoms. The van der Waals surface area contributed by atoms with E-state index in [0.717, 1.165) is 11.0 Å². The summed E-state index contributed by atoms with van der Waals surface area (Å²) in [6, 6.07) is 3.82. The van der Waals surface area contributed by atoms with Gasteiger partial charge in [-0.1, -0.05) is 12.1 Å². The molecule has 1 aromatic rings. The summed E-state index contributed by atoms with van der Waals surface area (Å²) in [5.74, 6) is -1.42. The number of ether oxygens (including phenoxy) is 1. The van der Waals surface area contributed by atoms with Gasteiger partial charge in [0.15, 0.2) is 5.11 Å². The van der Waals surface area contributed by atoms with E-state index in [-0.39, 0.29) is 28.5 Å². The van der Waals surface area contributed by atoms with Gasteiger partial charge in [0, 0.05) is 6.54 Å². The lowest BCUT2D eigenvalue weighted by Gasteiger charge is -2.27. The number of nitrogens with one attached hydrogen (secondary N) is 1. The minimum Gasteiger partial charge on any atom is -0.495 e. The van der Waals surface area contributed by atoms with Crippen molar-refractivity contribution >= 4 is 45.3 Å². The minimum atomic E-state index is -4.55.